The Morgan fingerprint density at radius 3 is 2.71 bits per heavy atom. The lowest BCUT2D eigenvalue weighted by Crippen LogP contribution is -2.44. The Kier molecular flexibility index (Phi) is 4.84. The molecule has 3 heterocycles. The molecule has 0 saturated carbocycles. The molecular formula is C18H20N4O2. The summed E-state index contributed by atoms with van der Waals surface area (Å²) in [6.45, 7) is 2.47. The minimum Gasteiger partial charge on any atom is -0.327 e. The quantitative estimate of drug-likeness (QED) is 0.861. The summed E-state index contributed by atoms with van der Waals surface area (Å²) < 4.78 is 0. The van der Waals surface area contributed by atoms with Crippen LogP contribution >= 0.6 is 0 Å². The van der Waals surface area contributed by atoms with Crippen LogP contribution in [0.5, 0.6) is 0 Å². The number of anilines is 1. The van der Waals surface area contributed by atoms with Crippen molar-refractivity contribution in [2.75, 3.05) is 11.9 Å². The van der Waals surface area contributed by atoms with Gasteiger partial charge >= 0.3 is 11.8 Å². The number of nitrogens with zero attached hydrogens (tertiary/aromatic N) is 3. The normalized spacial score (nSPS) is 17.4. The van der Waals surface area contributed by atoms with E-state index < -0.39 is 11.8 Å². The van der Waals surface area contributed by atoms with Crippen molar-refractivity contribution in [3.8, 4) is 0 Å². The molecule has 0 spiro atoms. The van der Waals surface area contributed by atoms with E-state index >= 15 is 0 Å². The number of carbonyl (C=O) groups is 2. The van der Waals surface area contributed by atoms with Crippen molar-refractivity contribution in [2.24, 2.45) is 0 Å². The number of amides is 2. The van der Waals surface area contributed by atoms with Crippen LogP contribution in [-0.2, 0) is 9.59 Å². The Bertz CT molecular complexity index is 733. The van der Waals surface area contributed by atoms with Gasteiger partial charge in [-0.2, -0.15) is 0 Å². The minimum absolute atomic E-state index is 0.0735. The molecule has 2 aromatic heterocycles. The monoisotopic (exact) mass is 324 g/mol. The number of hydrogen-bond donors (Lipinski definition) is 1. The van der Waals surface area contributed by atoms with Crippen LogP contribution < -0.4 is 5.32 Å². The Balaban J connectivity index is 1.75. The fourth-order valence-corrected chi connectivity index (χ4v) is 3.05. The highest BCUT2D eigenvalue weighted by Gasteiger charge is 2.31. The predicted octanol–water partition coefficient (Wildman–Crippen LogP) is 2.48. The van der Waals surface area contributed by atoms with E-state index in [-0.39, 0.29) is 6.04 Å². The van der Waals surface area contributed by atoms with E-state index in [2.05, 4.69) is 15.3 Å². The van der Waals surface area contributed by atoms with Crippen molar-refractivity contribution in [3.05, 3.63) is 54.1 Å². The zero-order valence-corrected chi connectivity index (χ0v) is 13.6. The molecule has 1 N–H and O–H groups in total. The minimum atomic E-state index is -0.622. The molecule has 0 aliphatic carbocycles. The van der Waals surface area contributed by atoms with E-state index in [4.69, 9.17) is 0 Å². The number of piperidine rings is 1. The molecule has 1 saturated heterocycles. The second-order valence-corrected chi connectivity index (χ2v) is 6.00. The van der Waals surface area contributed by atoms with Crippen LogP contribution in [0.3, 0.4) is 0 Å². The average Bonchev–Trinajstić information content (AvgIpc) is 2.62. The van der Waals surface area contributed by atoms with Gasteiger partial charge in [-0.3, -0.25) is 19.6 Å². The van der Waals surface area contributed by atoms with Crippen molar-refractivity contribution < 1.29 is 9.59 Å². The van der Waals surface area contributed by atoms with Crippen LogP contribution in [-0.4, -0.2) is 33.2 Å². The number of pyridine rings is 2. The van der Waals surface area contributed by atoms with Crippen LogP contribution in [0.4, 0.5) is 5.69 Å². The summed E-state index contributed by atoms with van der Waals surface area (Å²) in [4.78, 5) is 34.7. The maximum atomic E-state index is 12.6. The first-order valence-electron chi connectivity index (χ1n) is 8.08. The second-order valence-electron chi connectivity index (χ2n) is 6.00. The third-order valence-corrected chi connectivity index (χ3v) is 4.18. The number of aromatic nitrogens is 2. The highest BCUT2D eigenvalue weighted by atomic mass is 16.2. The van der Waals surface area contributed by atoms with Crippen LogP contribution in [0.1, 0.15) is 36.4 Å². The van der Waals surface area contributed by atoms with E-state index in [9.17, 15) is 9.59 Å². The third kappa shape index (κ3) is 3.59. The number of hydrogen-bond acceptors (Lipinski definition) is 4. The molecule has 2 aromatic rings. The molecule has 1 unspecified atom stereocenters. The Morgan fingerprint density at radius 2 is 1.96 bits per heavy atom. The Morgan fingerprint density at radius 1 is 1.17 bits per heavy atom. The van der Waals surface area contributed by atoms with Gasteiger partial charge in [0.1, 0.15) is 0 Å². The van der Waals surface area contributed by atoms with Gasteiger partial charge in [0.15, 0.2) is 0 Å². The van der Waals surface area contributed by atoms with Gasteiger partial charge in [-0.25, -0.2) is 0 Å². The van der Waals surface area contributed by atoms with Gasteiger partial charge in [0.05, 0.1) is 17.9 Å². The fourth-order valence-electron chi connectivity index (χ4n) is 3.05. The van der Waals surface area contributed by atoms with Crippen LogP contribution in [0, 0.1) is 6.92 Å². The molecular weight excluding hydrogens is 304 g/mol. The lowest BCUT2D eigenvalue weighted by Gasteiger charge is -2.35. The van der Waals surface area contributed by atoms with Crippen molar-refractivity contribution in [3.63, 3.8) is 0 Å². The molecule has 1 atom stereocenters. The van der Waals surface area contributed by atoms with Crippen molar-refractivity contribution in [1.29, 1.82) is 0 Å². The molecule has 3 rings (SSSR count). The highest BCUT2D eigenvalue weighted by Crippen LogP contribution is 2.30. The van der Waals surface area contributed by atoms with Crippen molar-refractivity contribution in [1.82, 2.24) is 14.9 Å². The van der Waals surface area contributed by atoms with E-state index in [1.807, 2.05) is 19.1 Å². The SMILES string of the molecule is Cc1cncc(NC(=O)C(=O)N2CCCCC2c2ccncc2)c1. The predicted molar refractivity (Wildman–Crippen MR) is 90.1 cm³/mol. The Labute approximate surface area is 140 Å². The van der Waals surface area contributed by atoms with Gasteiger partial charge in [0.2, 0.25) is 0 Å². The third-order valence-electron chi connectivity index (χ3n) is 4.18. The zero-order chi connectivity index (χ0) is 16.9. The summed E-state index contributed by atoms with van der Waals surface area (Å²) in [5, 5.41) is 2.65. The molecule has 6 heteroatoms. The summed E-state index contributed by atoms with van der Waals surface area (Å²) in [7, 11) is 0. The lowest BCUT2D eigenvalue weighted by molar-refractivity contribution is -0.145. The highest BCUT2D eigenvalue weighted by molar-refractivity contribution is 6.39. The van der Waals surface area contributed by atoms with Gasteiger partial charge < -0.3 is 10.2 Å². The first-order chi connectivity index (χ1) is 11.6. The smallest absolute Gasteiger partial charge is 0.313 e. The first kappa shape index (κ1) is 16.1. The van der Waals surface area contributed by atoms with Gasteiger partial charge in [-0.05, 0) is 55.5 Å². The van der Waals surface area contributed by atoms with Crippen LogP contribution in [0.25, 0.3) is 0 Å². The number of carbonyl (C=O) groups excluding carboxylic acids is 2. The Hall–Kier alpha value is -2.76. The second kappa shape index (κ2) is 7.21. The van der Waals surface area contributed by atoms with Gasteiger partial charge in [0, 0.05) is 25.1 Å². The summed E-state index contributed by atoms with van der Waals surface area (Å²) in [5.41, 5.74) is 2.47. The van der Waals surface area contributed by atoms with Gasteiger partial charge in [0.25, 0.3) is 0 Å². The lowest BCUT2D eigenvalue weighted by atomic mass is 9.96. The number of likely N-dealkylation sites (tertiary alicyclic amines) is 1. The number of aryl methyl sites for hydroxylation is 1. The fraction of sp³-hybridized carbons (Fsp3) is 0.333. The maximum Gasteiger partial charge on any atom is 0.313 e. The van der Waals surface area contributed by atoms with Gasteiger partial charge in [-0.15, -0.1) is 0 Å². The molecule has 1 fully saturated rings. The summed E-state index contributed by atoms with van der Waals surface area (Å²) >= 11 is 0. The largest absolute Gasteiger partial charge is 0.327 e. The number of nitrogens with one attached hydrogen (secondary N) is 1. The van der Waals surface area contributed by atoms with Crippen molar-refractivity contribution in [2.45, 2.75) is 32.2 Å². The van der Waals surface area contributed by atoms with E-state index in [1.165, 1.54) is 6.20 Å². The first-order valence-corrected chi connectivity index (χ1v) is 8.08. The molecule has 0 radical (unpaired) electrons. The molecule has 0 bridgehead atoms. The van der Waals surface area contributed by atoms with Crippen molar-refractivity contribution >= 4 is 17.5 Å². The summed E-state index contributed by atoms with van der Waals surface area (Å²) in [5.74, 6) is -1.12. The zero-order valence-electron chi connectivity index (χ0n) is 13.6. The molecule has 1 aliphatic rings. The standard InChI is InChI=1S/C18H20N4O2/c1-13-10-15(12-20-11-13)21-17(23)18(24)22-9-3-2-4-16(22)14-5-7-19-8-6-14/h5-8,10-12,16H,2-4,9H2,1H3,(H,21,23). The molecule has 2 amide bonds. The van der Waals surface area contributed by atoms with E-state index in [0.717, 1.165) is 30.4 Å². The van der Waals surface area contributed by atoms with Crippen LogP contribution in [0.15, 0.2) is 43.0 Å². The summed E-state index contributed by atoms with van der Waals surface area (Å²) in [6, 6.07) is 5.52. The molecule has 24 heavy (non-hydrogen) atoms. The maximum absolute atomic E-state index is 12.6. The van der Waals surface area contributed by atoms with Crippen LogP contribution in [0.2, 0.25) is 0 Å². The average molecular weight is 324 g/mol. The van der Waals surface area contributed by atoms with E-state index in [0.29, 0.717) is 12.2 Å². The molecule has 0 aromatic carbocycles. The molecule has 124 valence electrons. The topological polar surface area (TPSA) is 75.2 Å². The molecule has 1 aliphatic heterocycles. The number of rotatable bonds is 2. The summed E-state index contributed by atoms with van der Waals surface area (Å²) in [6.07, 6.45) is 9.47. The van der Waals surface area contributed by atoms with E-state index in [1.54, 1.807) is 29.6 Å². The molecule has 6 nitrogen and oxygen atoms in total. The van der Waals surface area contributed by atoms with Gasteiger partial charge in [-0.1, -0.05) is 0 Å².